The molecule has 32 heavy (non-hydrogen) atoms. The van der Waals surface area contributed by atoms with Crippen LogP contribution in [0.15, 0.2) is 89.3 Å². The topological polar surface area (TPSA) is 55.1 Å². The lowest BCUT2D eigenvalue weighted by Gasteiger charge is -2.07. The first kappa shape index (κ1) is 20.0. The van der Waals surface area contributed by atoms with Crippen LogP contribution < -0.4 is 5.32 Å². The molecule has 4 heteroatoms. The predicted molar refractivity (Wildman–Crippen MR) is 130 cm³/mol. The molecular formula is C28H24N2O2. The van der Waals surface area contributed by atoms with Gasteiger partial charge in [-0.15, -0.1) is 0 Å². The Kier molecular flexibility index (Phi) is 5.20. The van der Waals surface area contributed by atoms with Crippen molar-refractivity contribution in [1.29, 1.82) is 0 Å². The van der Waals surface area contributed by atoms with Gasteiger partial charge in [-0.1, -0.05) is 56.3 Å². The van der Waals surface area contributed by atoms with Gasteiger partial charge < -0.3 is 9.73 Å². The van der Waals surface area contributed by atoms with Crippen molar-refractivity contribution < 1.29 is 9.21 Å². The quantitative estimate of drug-likeness (QED) is 0.322. The third-order valence-corrected chi connectivity index (χ3v) is 5.97. The molecule has 4 aromatic carbocycles. The maximum atomic E-state index is 12.8. The minimum absolute atomic E-state index is 0.149. The fourth-order valence-corrected chi connectivity index (χ4v) is 3.87. The molecule has 1 heterocycles. The van der Waals surface area contributed by atoms with E-state index in [4.69, 9.17) is 9.40 Å². The van der Waals surface area contributed by atoms with Crippen molar-refractivity contribution in [2.75, 3.05) is 5.32 Å². The minimum Gasteiger partial charge on any atom is -0.436 e. The molecule has 0 saturated heterocycles. The van der Waals surface area contributed by atoms with Gasteiger partial charge in [0.05, 0.1) is 0 Å². The molecule has 158 valence electrons. The molecule has 1 aromatic heterocycles. The van der Waals surface area contributed by atoms with Gasteiger partial charge in [0.2, 0.25) is 5.89 Å². The van der Waals surface area contributed by atoms with Gasteiger partial charge in [0.15, 0.2) is 5.58 Å². The van der Waals surface area contributed by atoms with Crippen LogP contribution in [0, 0.1) is 0 Å². The molecule has 5 aromatic rings. The van der Waals surface area contributed by atoms with Crippen molar-refractivity contribution >= 4 is 33.5 Å². The predicted octanol–water partition coefficient (Wildman–Crippen LogP) is 7.41. The highest BCUT2D eigenvalue weighted by Gasteiger charge is 2.13. The Morgan fingerprint density at radius 2 is 1.78 bits per heavy atom. The number of aromatic nitrogens is 1. The lowest BCUT2D eigenvalue weighted by molar-refractivity contribution is 0.102. The fraction of sp³-hybridized carbons (Fsp3) is 0.143. The second-order valence-electron chi connectivity index (χ2n) is 8.15. The molecule has 4 nitrogen and oxygen atoms in total. The molecule has 5 rings (SSSR count). The number of hydrogen-bond acceptors (Lipinski definition) is 3. The Bertz CT molecular complexity index is 1430. The van der Waals surface area contributed by atoms with E-state index in [0.29, 0.717) is 23.1 Å². The monoisotopic (exact) mass is 420 g/mol. The zero-order valence-electron chi connectivity index (χ0n) is 18.1. The summed E-state index contributed by atoms with van der Waals surface area (Å²) < 4.78 is 5.99. The van der Waals surface area contributed by atoms with E-state index in [9.17, 15) is 4.79 Å². The van der Waals surface area contributed by atoms with E-state index in [0.717, 1.165) is 33.9 Å². The van der Waals surface area contributed by atoms with E-state index in [-0.39, 0.29) is 5.91 Å². The first-order chi connectivity index (χ1) is 15.6. The number of carbonyl (C=O) groups excluding carboxylic acids is 1. The Morgan fingerprint density at radius 3 is 2.62 bits per heavy atom. The summed E-state index contributed by atoms with van der Waals surface area (Å²) in [5.41, 5.74) is 5.01. The molecule has 0 aliphatic rings. The Morgan fingerprint density at radius 1 is 0.938 bits per heavy atom. The van der Waals surface area contributed by atoms with Gasteiger partial charge >= 0.3 is 0 Å². The molecule has 1 atom stereocenters. The van der Waals surface area contributed by atoms with E-state index in [1.807, 2.05) is 72.8 Å². The zero-order valence-corrected chi connectivity index (χ0v) is 18.1. The highest BCUT2D eigenvalue weighted by atomic mass is 16.3. The number of hydrogen-bond donors (Lipinski definition) is 1. The lowest BCUT2D eigenvalue weighted by atomic mass is 9.98. The molecule has 0 aliphatic heterocycles. The Hall–Kier alpha value is -3.92. The number of oxazole rings is 1. The van der Waals surface area contributed by atoms with Crippen LogP contribution in [0.1, 0.15) is 42.1 Å². The SMILES string of the molecule is CCC(C)c1ccc2oc(-c3cccc(NC(=O)c4ccc5ccccc5c4)c3)nc2c1. The van der Waals surface area contributed by atoms with Crippen LogP contribution in [0.2, 0.25) is 0 Å². The summed E-state index contributed by atoms with van der Waals surface area (Å²) in [5.74, 6) is 0.875. The van der Waals surface area contributed by atoms with Crippen LogP contribution in [0.5, 0.6) is 0 Å². The fourth-order valence-electron chi connectivity index (χ4n) is 3.87. The molecule has 0 fully saturated rings. The summed E-state index contributed by atoms with van der Waals surface area (Å²) in [6.07, 6.45) is 1.08. The summed E-state index contributed by atoms with van der Waals surface area (Å²) in [5, 5.41) is 5.14. The van der Waals surface area contributed by atoms with Gasteiger partial charge in [0.1, 0.15) is 5.52 Å². The lowest BCUT2D eigenvalue weighted by Crippen LogP contribution is -2.11. The second kappa shape index (κ2) is 8.31. The summed E-state index contributed by atoms with van der Waals surface area (Å²) in [4.78, 5) is 17.5. The summed E-state index contributed by atoms with van der Waals surface area (Å²) in [6, 6.07) is 27.5. The molecule has 1 N–H and O–H groups in total. The summed E-state index contributed by atoms with van der Waals surface area (Å²) in [7, 11) is 0. The highest BCUT2D eigenvalue weighted by Crippen LogP contribution is 2.29. The molecule has 0 radical (unpaired) electrons. The number of fused-ring (bicyclic) bond motifs is 2. The number of rotatable bonds is 5. The van der Waals surface area contributed by atoms with E-state index >= 15 is 0 Å². The van der Waals surface area contributed by atoms with Crippen LogP contribution in [0.3, 0.4) is 0 Å². The van der Waals surface area contributed by atoms with Crippen molar-refractivity contribution in [3.05, 3.63) is 96.1 Å². The average molecular weight is 421 g/mol. The maximum Gasteiger partial charge on any atom is 0.255 e. The second-order valence-corrected chi connectivity index (χ2v) is 8.15. The van der Waals surface area contributed by atoms with Crippen LogP contribution in [0.4, 0.5) is 5.69 Å². The molecule has 0 aliphatic carbocycles. The largest absolute Gasteiger partial charge is 0.436 e. The number of carbonyl (C=O) groups is 1. The van der Waals surface area contributed by atoms with Gasteiger partial charge in [-0.3, -0.25) is 4.79 Å². The number of anilines is 1. The number of benzene rings is 4. The van der Waals surface area contributed by atoms with Gasteiger partial charge in [0.25, 0.3) is 5.91 Å². The van der Waals surface area contributed by atoms with Crippen LogP contribution in [0.25, 0.3) is 33.3 Å². The van der Waals surface area contributed by atoms with Crippen molar-refractivity contribution in [3.8, 4) is 11.5 Å². The van der Waals surface area contributed by atoms with E-state index in [2.05, 4.69) is 31.3 Å². The zero-order chi connectivity index (χ0) is 22.1. The van der Waals surface area contributed by atoms with Gasteiger partial charge in [-0.2, -0.15) is 0 Å². The van der Waals surface area contributed by atoms with E-state index in [1.165, 1.54) is 5.56 Å². The van der Waals surface area contributed by atoms with Crippen molar-refractivity contribution in [2.45, 2.75) is 26.2 Å². The molecule has 1 unspecified atom stereocenters. The first-order valence-corrected chi connectivity index (χ1v) is 10.9. The minimum atomic E-state index is -0.149. The smallest absolute Gasteiger partial charge is 0.255 e. The van der Waals surface area contributed by atoms with Gasteiger partial charge in [0, 0.05) is 16.8 Å². The summed E-state index contributed by atoms with van der Waals surface area (Å²) >= 11 is 0. The number of nitrogens with zero attached hydrogens (tertiary/aromatic N) is 1. The third-order valence-electron chi connectivity index (χ3n) is 5.97. The standard InChI is InChI=1S/C28H24N2O2/c1-3-18(2)20-13-14-26-25(17-20)30-28(32-26)23-9-6-10-24(16-23)29-27(31)22-12-11-19-7-4-5-8-21(19)15-22/h4-18H,3H2,1-2H3,(H,29,31). The van der Waals surface area contributed by atoms with Gasteiger partial charge in [-0.05, 0) is 71.1 Å². The van der Waals surface area contributed by atoms with Crippen molar-refractivity contribution in [2.24, 2.45) is 0 Å². The van der Waals surface area contributed by atoms with Crippen molar-refractivity contribution in [1.82, 2.24) is 4.98 Å². The number of amides is 1. The molecule has 1 amide bonds. The van der Waals surface area contributed by atoms with Crippen molar-refractivity contribution in [3.63, 3.8) is 0 Å². The molecule has 0 bridgehead atoms. The highest BCUT2D eigenvalue weighted by molar-refractivity contribution is 6.06. The number of nitrogens with one attached hydrogen (secondary N) is 1. The maximum absolute atomic E-state index is 12.8. The van der Waals surface area contributed by atoms with Crippen LogP contribution >= 0.6 is 0 Å². The average Bonchev–Trinajstić information content (AvgIpc) is 3.27. The normalized spacial score (nSPS) is 12.2. The molecular weight excluding hydrogens is 396 g/mol. The van der Waals surface area contributed by atoms with Crippen LogP contribution in [-0.4, -0.2) is 10.9 Å². The van der Waals surface area contributed by atoms with E-state index in [1.54, 1.807) is 0 Å². The Labute approximate surface area is 186 Å². The van der Waals surface area contributed by atoms with Crippen LogP contribution in [-0.2, 0) is 0 Å². The molecule has 0 spiro atoms. The third kappa shape index (κ3) is 3.87. The Balaban J connectivity index is 1.40. The summed E-state index contributed by atoms with van der Waals surface area (Å²) in [6.45, 7) is 4.39. The van der Waals surface area contributed by atoms with E-state index < -0.39 is 0 Å². The first-order valence-electron chi connectivity index (χ1n) is 10.9. The van der Waals surface area contributed by atoms with Gasteiger partial charge in [-0.25, -0.2) is 4.98 Å². The molecule has 0 saturated carbocycles.